The molecule has 2 N–H and O–H groups in total. The van der Waals surface area contributed by atoms with Gasteiger partial charge in [0.2, 0.25) is 0 Å². The van der Waals surface area contributed by atoms with E-state index in [1.54, 1.807) is 20.0 Å². The van der Waals surface area contributed by atoms with E-state index in [0.717, 1.165) is 0 Å². The number of rotatable bonds is 6. The molecule has 0 saturated carbocycles. The second-order valence-corrected chi connectivity index (χ2v) is 8.54. The molecule has 1 aliphatic heterocycles. The van der Waals surface area contributed by atoms with Crippen LogP contribution in [0.3, 0.4) is 0 Å². The van der Waals surface area contributed by atoms with Gasteiger partial charge in [0, 0.05) is 42.4 Å². The number of fused-ring (bicyclic) bond motifs is 1. The predicted molar refractivity (Wildman–Crippen MR) is 124 cm³/mol. The molecule has 3 amide bonds. The van der Waals surface area contributed by atoms with Crippen LogP contribution in [0.25, 0.3) is 0 Å². The number of halogens is 4. The molecular weight excluding hydrogens is 478 g/mol. The minimum absolute atomic E-state index is 0.107. The van der Waals surface area contributed by atoms with Crippen molar-refractivity contribution in [1.29, 1.82) is 0 Å². The van der Waals surface area contributed by atoms with Crippen molar-refractivity contribution in [3.8, 4) is 0 Å². The smallest absolute Gasteiger partial charge is 0.325 e. The van der Waals surface area contributed by atoms with Crippen molar-refractivity contribution in [1.82, 2.24) is 10.2 Å². The van der Waals surface area contributed by atoms with Crippen LogP contribution in [0.2, 0.25) is 0 Å². The van der Waals surface area contributed by atoms with Crippen molar-refractivity contribution in [2.24, 2.45) is 0 Å². The zero-order chi connectivity index (χ0) is 26.1. The van der Waals surface area contributed by atoms with Gasteiger partial charge in [0.05, 0.1) is 24.9 Å². The van der Waals surface area contributed by atoms with E-state index in [-0.39, 0.29) is 30.3 Å². The monoisotopic (exact) mass is 501 g/mol. The van der Waals surface area contributed by atoms with Crippen LogP contribution >= 0.6 is 0 Å². The molecule has 1 aliphatic rings. The average Bonchev–Trinajstić information content (AvgIpc) is 2.85. The highest BCUT2D eigenvalue weighted by Crippen LogP contribution is 2.37. The molecule has 36 heavy (non-hydrogen) atoms. The van der Waals surface area contributed by atoms with E-state index in [1.807, 2.05) is 0 Å². The number of urea groups is 1. The molecule has 0 spiro atoms. The van der Waals surface area contributed by atoms with Gasteiger partial charge in [0.1, 0.15) is 23.3 Å². The Labute approximate surface area is 204 Å². The van der Waals surface area contributed by atoms with E-state index in [0.29, 0.717) is 28.9 Å². The Hall–Kier alpha value is -3.92. The molecule has 0 radical (unpaired) electrons. The Bertz CT molecular complexity index is 1320. The molecule has 0 fully saturated rings. The maximum Gasteiger partial charge on any atom is 0.325 e. The second-order valence-electron chi connectivity index (χ2n) is 8.54. The van der Waals surface area contributed by atoms with E-state index in [2.05, 4.69) is 5.32 Å². The maximum absolute atomic E-state index is 14.5. The number of hydrogen-bond acceptors (Lipinski definition) is 3. The van der Waals surface area contributed by atoms with Gasteiger partial charge in [-0.15, -0.1) is 0 Å². The summed E-state index contributed by atoms with van der Waals surface area (Å²) < 4.78 is 55.5. The Balaban J connectivity index is 1.64. The second kappa shape index (κ2) is 9.98. The van der Waals surface area contributed by atoms with Crippen LogP contribution in [0.1, 0.15) is 45.6 Å². The van der Waals surface area contributed by atoms with Gasteiger partial charge in [0.15, 0.2) is 0 Å². The topological polar surface area (TPSA) is 72.9 Å². The van der Waals surface area contributed by atoms with Crippen molar-refractivity contribution in [3.63, 3.8) is 0 Å². The highest BCUT2D eigenvalue weighted by molar-refractivity contribution is 5.99. The summed E-state index contributed by atoms with van der Waals surface area (Å²) in [6.07, 6.45) is 0. The number of hydrogen-bond donors (Lipinski definition) is 2. The van der Waals surface area contributed by atoms with Crippen molar-refractivity contribution in [3.05, 3.63) is 99.6 Å². The average molecular weight is 501 g/mol. The Morgan fingerprint density at radius 3 is 2.36 bits per heavy atom. The first-order valence-corrected chi connectivity index (χ1v) is 11.1. The molecule has 6 nitrogen and oxygen atoms in total. The number of nitrogens with one attached hydrogen (secondary N) is 1. The van der Waals surface area contributed by atoms with Gasteiger partial charge in [-0.1, -0.05) is 12.1 Å². The molecule has 1 heterocycles. The number of carbonyl (C=O) groups is 2. The molecule has 0 unspecified atom stereocenters. The number of amides is 3. The first-order chi connectivity index (χ1) is 17.1. The lowest BCUT2D eigenvalue weighted by atomic mass is 9.98. The highest BCUT2D eigenvalue weighted by Gasteiger charge is 2.34. The van der Waals surface area contributed by atoms with Crippen LogP contribution < -0.4 is 10.2 Å². The zero-order valence-corrected chi connectivity index (χ0v) is 19.5. The summed E-state index contributed by atoms with van der Waals surface area (Å²) in [5.74, 6) is -4.55. The van der Waals surface area contributed by atoms with E-state index in [4.69, 9.17) is 0 Å². The number of nitrogens with zero attached hydrogens (tertiary/aromatic N) is 2. The largest absolute Gasteiger partial charge is 0.392 e. The van der Waals surface area contributed by atoms with Crippen molar-refractivity contribution >= 4 is 17.6 Å². The summed E-state index contributed by atoms with van der Waals surface area (Å²) in [5, 5.41) is 11.8. The van der Waals surface area contributed by atoms with Gasteiger partial charge in [-0.25, -0.2) is 22.4 Å². The van der Waals surface area contributed by atoms with Crippen LogP contribution in [-0.2, 0) is 19.7 Å². The summed E-state index contributed by atoms with van der Waals surface area (Å²) in [6.45, 7) is 0.837. The number of carbonyl (C=O) groups excluding carboxylic acids is 2. The lowest BCUT2D eigenvalue weighted by Gasteiger charge is -2.39. The van der Waals surface area contributed by atoms with Crippen LogP contribution in [0, 0.1) is 23.3 Å². The van der Waals surface area contributed by atoms with Gasteiger partial charge < -0.3 is 15.3 Å². The lowest BCUT2D eigenvalue weighted by Crippen LogP contribution is -2.46. The SMILES string of the molecule is C[C@H]1c2ccc(C(=O)NCc3c(F)cc(F)cc3F)cc2N(Cc2cc(CO)ccc2F)C(=O)N1C. The standard InChI is InChI=1S/C26H23F4N3O3/c1-14-19-5-4-16(25(35)31-11-20-22(29)9-18(27)10-23(20)30)8-24(19)33(26(36)32(14)2)12-17-7-15(13-34)3-6-21(17)28/h3-10,14,34H,11-13H2,1-2H3,(H,31,35)/t14-/m0/s1. The summed E-state index contributed by atoms with van der Waals surface area (Å²) in [5.41, 5.74) is 1.37. The third-order valence-corrected chi connectivity index (χ3v) is 6.30. The molecule has 0 bridgehead atoms. The normalized spacial score (nSPS) is 15.2. The molecular formula is C26H23F4N3O3. The minimum Gasteiger partial charge on any atom is -0.392 e. The molecule has 0 saturated heterocycles. The Morgan fingerprint density at radius 1 is 1.00 bits per heavy atom. The van der Waals surface area contributed by atoms with E-state index < -0.39 is 47.3 Å². The molecule has 0 aliphatic carbocycles. The maximum atomic E-state index is 14.5. The van der Waals surface area contributed by atoms with Gasteiger partial charge >= 0.3 is 6.03 Å². The van der Waals surface area contributed by atoms with Crippen LogP contribution in [0.5, 0.6) is 0 Å². The predicted octanol–water partition coefficient (Wildman–Crippen LogP) is 4.80. The van der Waals surface area contributed by atoms with E-state index in [9.17, 15) is 32.3 Å². The van der Waals surface area contributed by atoms with Crippen LogP contribution in [0.4, 0.5) is 28.0 Å². The van der Waals surface area contributed by atoms with Gasteiger partial charge in [0.25, 0.3) is 5.91 Å². The Morgan fingerprint density at radius 2 is 1.69 bits per heavy atom. The molecule has 4 rings (SSSR count). The third-order valence-electron chi connectivity index (χ3n) is 6.30. The summed E-state index contributed by atoms with van der Waals surface area (Å²) in [4.78, 5) is 28.7. The fourth-order valence-electron chi connectivity index (χ4n) is 4.12. The quantitative estimate of drug-likeness (QED) is 0.477. The van der Waals surface area contributed by atoms with Crippen LogP contribution in [-0.4, -0.2) is 29.0 Å². The Kier molecular flexibility index (Phi) is 6.98. The summed E-state index contributed by atoms with van der Waals surface area (Å²) >= 11 is 0. The highest BCUT2D eigenvalue weighted by atomic mass is 19.1. The molecule has 0 aromatic heterocycles. The molecule has 188 valence electrons. The summed E-state index contributed by atoms with van der Waals surface area (Å²) in [6, 6.07) is 9.02. The number of benzene rings is 3. The van der Waals surface area contributed by atoms with Crippen molar-refractivity contribution in [2.75, 3.05) is 11.9 Å². The fraction of sp³-hybridized carbons (Fsp3) is 0.231. The van der Waals surface area contributed by atoms with Crippen molar-refractivity contribution in [2.45, 2.75) is 32.7 Å². The number of anilines is 1. The third kappa shape index (κ3) is 4.76. The molecule has 10 heteroatoms. The van der Waals surface area contributed by atoms with Gasteiger partial charge in [-0.2, -0.15) is 0 Å². The van der Waals surface area contributed by atoms with E-state index >= 15 is 0 Å². The minimum atomic E-state index is -1.13. The molecule has 3 aromatic carbocycles. The molecule has 1 atom stereocenters. The first kappa shape index (κ1) is 25.2. The lowest BCUT2D eigenvalue weighted by molar-refractivity contribution is 0.0950. The van der Waals surface area contributed by atoms with Gasteiger partial charge in [-0.05, 0) is 42.3 Å². The van der Waals surface area contributed by atoms with E-state index in [1.165, 1.54) is 40.1 Å². The first-order valence-electron chi connectivity index (χ1n) is 11.1. The van der Waals surface area contributed by atoms with Crippen molar-refractivity contribution < 1.29 is 32.3 Å². The summed E-state index contributed by atoms with van der Waals surface area (Å²) in [7, 11) is 1.61. The van der Waals surface area contributed by atoms with Gasteiger partial charge in [-0.3, -0.25) is 9.69 Å². The molecule has 3 aromatic rings. The zero-order valence-electron chi connectivity index (χ0n) is 19.5. The van der Waals surface area contributed by atoms with Crippen LogP contribution in [0.15, 0.2) is 48.5 Å². The number of aliphatic hydroxyl groups is 1. The number of aliphatic hydroxyl groups excluding tert-OH is 1. The fourth-order valence-corrected chi connectivity index (χ4v) is 4.12.